The van der Waals surface area contributed by atoms with Gasteiger partial charge in [-0.2, -0.15) is 0 Å². The summed E-state index contributed by atoms with van der Waals surface area (Å²) in [6, 6.07) is 1.84. The van der Waals surface area contributed by atoms with Crippen LogP contribution in [0.3, 0.4) is 0 Å². The lowest BCUT2D eigenvalue weighted by atomic mass is 10.1. The Kier molecular flexibility index (Phi) is 5.71. The highest BCUT2D eigenvalue weighted by atomic mass is 79.9. The van der Waals surface area contributed by atoms with Gasteiger partial charge in [-0.15, -0.1) is 0 Å². The van der Waals surface area contributed by atoms with Crippen LogP contribution in [-0.4, -0.2) is 37.2 Å². The molecule has 0 saturated carbocycles. The lowest BCUT2D eigenvalue weighted by Crippen LogP contribution is -2.31. The van der Waals surface area contributed by atoms with E-state index in [1.54, 1.807) is 13.8 Å². The van der Waals surface area contributed by atoms with E-state index in [1.165, 1.54) is 4.90 Å². The molecule has 0 aliphatic heterocycles. The number of halogens is 2. The van der Waals surface area contributed by atoms with E-state index < -0.39 is 30.5 Å². The van der Waals surface area contributed by atoms with Gasteiger partial charge >= 0.3 is 0 Å². The largest absolute Gasteiger partial charge is 0.339 e. The molecule has 7 nitrogen and oxygen atoms in total. The van der Waals surface area contributed by atoms with E-state index in [-0.39, 0.29) is 10.0 Å². The number of amides is 1. The number of carbonyl (C=O) groups excluding carboxylic acids is 1. The van der Waals surface area contributed by atoms with Crippen molar-refractivity contribution in [3.63, 3.8) is 0 Å². The van der Waals surface area contributed by atoms with Crippen LogP contribution in [0, 0.1) is 10.1 Å². The molecule has 0 radical (unpaired) electrons. The molecule has 0 unspecified atom stereocenters. The zero-order valence-electron chi connectivity index (χ0n) is 11.2. The fraction of sp³-hybridized carbons (Fsp3) is 0.364. The molecule has 0 atom stereocenters. The van der Waals surface area contributed by atoms with Crippen LogP contribution in [0.25, 0.3) is 0 Å². The highest BCUT2D eigenvalue weighted by Gasteiger charge is 2.27. The smallest absolute Gasteiger partial charge is 0.271 e. The summed E-state index contributed by atoms with van der Waals surface area (Å²) in [6.45, 7) is 4.25. The summed E-state index contributed by atoms with van der Waals surface area (Å²) in [6.07, 6.45) is 0. The third-order valence-corrected chi connectivity index (χ3v) is 5.24. The van der Waals surface area contributed by atoms with Gasteiger partial charge in [0.05, 0.1) is 15.0 Å². The number of nitro benzene ring substituents is 1. The Bertz CT molecular complexity index is 688. The van der Waals surface area contributed by atoms with Gasteiger partial charge < -0.3 is 4.90 Å². The molecule has 1 aromatic rings. The second-order valence-corrected chi connectivity index (χ2v) is 7.31. The summed E-state index contributed by atoms with van der Waals surface area (Å²) in [7, 11) is 1.02. The van der Waals surface area contributed by atoms with Gasteiger partial charge in [0, 0.05) is 35.9 Å². The summed E-state index contributed by atoms with van der Waals surface area (Å²) in [5.41, 5.74) is -0.639. The monoisotopic (exact) mass is 398 g/mol. The third-order valence-electron chi connectivity index (χ3n) is 2.78. The van der Waals surface area contributed by atoms with Crippen LogP contribution in [0.2, 0.25) is 0 Å². The number of nitrogens with zero attached hydrogens (tertiary/aromatic N) is 2. The molecule has 0 aliphatic rings. The molecule has 0 bridgehead atoms. The molecule has 0 aromatic heterocycles. The van der Waals surface area contributed by atoms with E-state index in [0.717, 1.165) is 12.1 Å². The molecule has 0 aliphatic carbocycles. The van der Waals surface area contributed by atoms with Crippen molar-refractivity contribution in [2.75, 3.05) is 13.1 Å². The third kappa shape index (κ3) is 3.92. The first-order chi connectivity index (χ1) is 9.63. The molecule has 0 heterocycles. The number of hydrogen-bond acceptors (Lipinski definition) is 5. The highest BCUT2D eigenvalue weighted by molar-refractivity contribution is 9.10. The molecule has 10 heteroatoms. The van der Waals surface area contributed by atoms with E-state index in [0.29, 0.717) is 13.1 Å². The average Bonchev–Trinajstić information content (AvgIpc) is 2.38. The van der Waals surface area contributed by atoms with E-state index >= 15 is 0 Å². The maximum absolute atomic E-state index is 12.3. The molecular weight excluding hydrogens is 388 g/mol. The van der Waals surface area contributed by atoms with Gasteiger partial charge in [0.15, 0.2) is 0 Å². The fourth-order valence-corrected chi connectivity index (χ4v) is 3.97. The van der Waals surface area contributed by atoms with E-state index in [4.69, 9.17) is 10.7 Å². The van der Waals surface area contributed by atoms with Crippen LogP contribution in [0.4, 0.5) is 5.69 Å². The van der Waals surface area contributed by atoms with Crippen LogP contribution in [-0.2, 0) is 9.05 Å². The number of nitro groups is 1. The minimum atomic E-state index is -4.23. The molecule has 0 saturated heterocycles. The van der Waals surface area contributed by atoms with Gasteiger partial charge in [-0.05, 0) is 29.8 Å². The molecule has 116 valence electrons. The van der Waals surface area contributed by atoms with Crippen molar-refractivity contribution in [3.8, 4) is 0 Å². The standard InChI is InChI=1S/C11H12BrClN2O5S/c1-3-14(4-2)11(16)8-5-7(15(17)18)6-9(10(8)12)21(13,19)20/h5-6H,3-4H2,1-2H3. The molecule has 1 rings (SSSR count). The van der Waals surface area contributed by atoms with E-state index in [2.05, 4.69) is 15.9 Å². The zero-order chi connectivity index (χ0) is 16.4. The lowest BCUT2D eigenvalue weighted by molar-refractivity contribution is -0.385. The average molecular weight is 400 g/mol. The van der Waals surface area contributed by atoms with Gasteiger partial charge in [-0.1, -0.05) is 0 Å². The highest BCUT2D eigenvalue weighted by Crippen LogP contribution is 2.33. The van der Waals surface area contributed by atoms with E-state index in [9.17, 15) is 23.3 Å². The van der Waals surface area contributed by atoms with Gasteiger partial charge in [0.2, 0.25) is 0 Å². The predicted molar refractivity (Wildman–Crippen MR) is 81.1 cm³/mol. The van der Waals surface area contributed by atoms with Crippen molar-refractivity contribution < 1.29 is 18.1 Å². The van der Waals surface area contributed by atoms with Crippen molar-refractivity contribution in [2.45, 2.75) is 18.7 Å². The van der Waals surface area contributed by atoms with Crippen LogP contribution in [0.1, 0.15) is 24.2 Å². The zero-order valence-corrected chi connectivity index (χ0v) is 14.3. The normalized spacial score (nSPS) is 11.2. The Morgan fingerprint density at radius 3 is 2.29 bits per heavy atom. The number of hydrogen-bond donors (Lipinski definition) is 0. The molecular formula is C11H12BrClN2O5S. The fourth-order valence-electron chi connectivity index (χ4n) is 1.70. The Labute approximate surface area is 134 Å². The predicted octanol–water partition coefficient (Wildman–Crippen LogP) is 2.77. The molecule has 1 aromatic carbocycles. The first-order valence-corrected chi connectivity index (χ1v) is 8.95. The van der Waals surface area contributed by atoms with Crippen LogP contribution in [0.5, 0.6) is 0 Å². The van der Waals surface area contributed by atoms with Gasteiger partial charge in [0.25, 0.3) is 20.6 Å². The maximum atomic E-state index is 12.3. The van der Waals surface area contributed by atoms with Gasteiger partial charge in [0.1, 0.15) is 4.90 Å². The van der Waals surface area contributed by atoms with Crippen molar-refractivity contribution in [2.24, 2.45) is 0 Å². The summed E-state index contributed by atoms with van der Waals surface area (Å²) in [4.78, 5) is 23.3. The van der Waals surface area contributed by atoms with Gasteiger partial charge in [-0.25, -0.2) is 8.42 Å². The van der Waals surface area contributed by atoms with E-state index in [1.807, 2.05) is 0 Å². The second kappa shape index (κ2) is 6.71. The van der Waals surface area contributed by atoms with Crippen LogP contribution < -0.4 is 0 Å². The summed E-state index contributed by atoms with van der Waals surface area (Å²) >= 11 is 2.99. The second-order valence-electron chi connectivity index (χ2n) is 3.98. The Hall–Kier alpha value is -1.19. The van der Waals surface area contributed by atoms with Gasteiger partial charge in [-0.3, -0.25) is 14.9 Å². The number of non-ortho nitro benzene ring substituents is 1. The maximum Gasteiger partial charge on any atom is 0.271 e. The van der Waals surface area contributed by atoms with Crippen molar-refractivity contribution in [1.82, 2.24) is 4.90 Å². The molecule has 0 spiro atoms. The number of carbonyl (C=O) groups is 1. The quantitative estimate of drug-likeness (QED) is 0.431. The first kappa shape index (κ1) is 17.9. The van der Waals surface area contributed by atoms with Crippen LogP contribution in [0.15, 0.2) is 21.5 Å². The van der Waals surface area contributed by atoms with Crippen molar-refractivity contribution >= 4 is 47.3 Å². The Morgan fingerprint density at radius 2 is 1.90 bits per heavy atom. The number of rotatable bonds is 5. The Morgan fingerprint density at radius 1 is 1.38 bits per heavy atom. The minimum Gasteiger partial charge on any atom is -0.339 e. The minimum absolute atomic E-state index is 0.0833. The molecule has 0 fully saturated rings. The van der Waals surface area contributed by atoms with Crippen molar-refractivity contribution in [1.29, 1.82) is 0 Å². The van der Waals surface area contributed by atoms with Crippen molar-refractivity contribution in [3.05, 3.63) is 32.3 Å². The van der Waals surface area contributed by atoms with Crippen LogP contribution >= 0.6 is 26.6 Å². The summed E-state index contributed by atoms with van der Waals surface area (Å²) in [5.74, 6) is -0.517. The Balaban J connectivity index is 3.62. The summed E-state index contributed by atoms with van der Waals surface area (Å²) in [5, 5.41) is 10.9. The molecule has 21 heavy (non-hydrogen) atoms. The SMILES string of the molecule is CCN(CC)C(=O)c1cc([N+](=O)[O-])cc(S(=O)(=O)Cl)c1Br. The number of benzene rings is 1. The molecule has 1 amide bonds. The first-order valence-electron chi connectivity index (χ1n) is 5.85. The molecule has 0 N–H and O–H groups in total. The lowest BCUT2D eigenvalue weighted by Gasteiger charge is -2.19. The summed E-state index contributed by atoms with van der Waals surface area (Å²) < 4.78 is 22.9. The topological polar surface area (TPSA) is 97.6 Å².